The lowest BCUT2D eigenvalue weighted by Gasteiger charge is -1.93. The lowest BCUT2D eigenvalue weighted by molar-refractivity contribution is -0.384. The first kappa shape index (κ1) is 16.9. The molecule has 0 aliphatic rings. The number of ether oxygens (including phenoxy) is 1. The molecule has 0 radical (unpaired) electrons. The van der Waals surface area contributed by atoms with Crippen molar-refractivity contribution in [2.75, 3.05) is 7.11 Å². The number of halogens is 1. The van der Waals surface area contributed by atoms with E-state index in [1.165, 1.54) is 13.2 Å². The molecule has 0 aliphatic heterocycles. The second-order valence-electron chi connectivity index (χ2n) is 2.46. The summed E-state index contributed by atoms with van der Waals surface area (Å²) in [6, 6.07) is 1.27. The zero-order valence-corrected chi connectivity index (χ0v) is 11.8. The van der Waals surface area contributed by atoms with E-state index in [1.54, 1.807) is 0 Å². The van der Waals surface area contributed by atoms with E-state index in [0.717, 1.165) is 11.3 Å². The highest BCUT2D eigenvalue weighted by atomic mass is 79.9. The van der Waals surface area contributed by atoms with Gasteiger partial charge in [-0.05, 0) is 15.9 Å². The van der Waals surface area contributed by atoms with Gasteiger partial charge in [0.2, 0.25) is 0 Å². The molecule has 0 atom stereocenters. The van der Waals surface area contributed by atoms with Crippen LogP contribution >= 0.6 is 27.3 Å². The summed E-state index contributed by atoms with van der Waals surface area (Å²) < 4.78 is 36.5. The van der Waals surface area contributed by atoms with Crippen LogP contribution < -0.4 is 0 Å². The number of methoxy groups -OCH3 is 1. The molecule has 2 N–H and O–H groups in total. The molecule has 0 saturated carbocycles. The van der Waals surface area contributed by atoms with E-state index in [9.17, 15) is 14.9 Å². The Bertz CT molecular complexity index is 542. The Morgan fingerprint density at radius 2 is 2.00 bits per heavy atom. The van der Waals surface area contributed by atoms with Gasteiger partial charge in [-0.3, -0.25) is 19.2 Å². The average molecular weight is 364 g/mol. The number of hydrogen-bond acceptors (Lipinski definition) is 7. The number of carbonyl (C=O) groups is 1. The quantitative estimate of drug-likeness (QED) is 0.348. The van der Waals surface area contributed by atoms with Crippen LogP contribution in [-0.4, -0.2) is 35.5 Å². The zero-order valence-electron chi connectivity index (χ0n) is 8.56. The maximum atomic E-state index is 11.0. The fourth-order valence-electron chi connectivity index (χ4n) is 0.727. The predicted octanol–water partition coefficient (Wildman–Crippen LogP) is 1.55. The highest BCUT2D eigenvalue weighted by Gasteiger charge is 2.24. The summed E-state index contributed by atoms with van der Waals surface area (Å²) in [5, 5.41) is 10.4. The van der Waals surface area contributed by atoms with Crippen molar-refractivity contribution in [3.8, 4) is 0 Å². The SMILES string of the molecule is COC(=O)c1sc(Br)cc1[N+](=O)[O-].O=S(=O)(O)O. The van der Waals surface area contributed by atoms with E-state index in [1.807, 2.05) is 0 Å². The zero-order chi connectivity index (χ0) is 14.5. The van der Waals surface area contributed by atoms with E-state index in [2.05, 4.69) is 20.7 Å². The van der Waals surface area contributed by atoms with Crippen LogP contribution in [0.3, 0.4) is 0 Å². The van der Waals surface area contributed by atoms with E-state index in [-0.39, 0.29) is 10.6 Å². The molecule has 0 unspecified atom stereocenters. The second kappa shape index (κ2) is 6.75. The van der Waals surface area contributed by atoms with Gasteiger partial charge in [0.05, 0.1) is 15.8 Å². The van der Waals surface area contributed by atoms with E-state index < -0.39 is 21.3 Å². The minimum Gasteiger partial charge on any atom is -0.465 e. The van der Waals surface area contributed by atoms with Gasteiger partial charge in [0.25, 0.3) is 5.69 Å². The van der Waals surface area contributed by atoms with Gasteiger partial charge in [-0.1, -0.05) is 0 Å². The molecule has 0 saturated heterocycles. The molecule has 9 nitrogen and oxygen atoms in total. The van der Waals surface area contributed by atoms with Gasteiger partial charge >= 0.3 is 16.4 Å². The first-order valence-electron chi connectivity index (χ1n) is 3.78. The molecular weight excluding hydrogens is 358 g/mol. The molecule has 0 bridgehead atoms. The summed E-state index contributed by atoms with van der Waals surface area (Å²) in [4.78, 5) is 20.8. The van der Waals surface area contributed by atoms with E-state index in [0.29, 0.717) is 3.79 Å². The molecule has 1 aromatic rings. The molecule has 1 rings (SSSR count). The Hall–Kier alpha value is -1.08. The molecular formula is C6H6BrNO8S2. The van der Waals surface area contributed by atoms with Crippen LogP contribution in [0.15, 0.2) is 9.85 Å². The second-order valence-corrected chi connectivity index (χ2v) is 5.79. The standard InChI is InChI=1S/C6H4BrNO4S.H2O4S/c1-12-6(9)5-3(8(10)11)2-4(7)13-5;1-5(2,3)4/h2H,1H3;(H2,1,2,3,4). The molecule has 0 aliphatic carbocycles. The van der Waals surface area contributed by atoms with Crippen molar-refractivity contribution in [1.29, 1.82) is 0 Å². The lowest BCUT2D eigenvalue weighted by Crippen LogP contribution is -2.01. The van der Waals surface area contributed by atoms with E-state index in [4.69, 9.17) is 17.5 Å². The Morgan fingerprint density at radius 3 is 2.33 bits per heavy atom. The maximum Gasteiger partial charge on any atom is 0.394 e. The number of rotatable bonds is 2. The number of nitrogens with zero attached hydrogens (tertiary/aromatic N) is 1. The molecule has 1 aromatic heterocycles. The summed E-state index contributed by atoms with van der Waals surface area (Å²) in [6.45, 7) is 0. The Kier molecular flexibility index (Phi) is 6.34. The monoisotopic (exact) mass is 363 g/mol. The third-order valence-corrected chi connectivity index (χ3v) is 2.86. The first-order chi connectivity index (χ1) is 8.06. The molecule has 0 aromatic carbocycles. The van der Waals surface area contributed by atoms with Crippen LogP contribution in [-0.2, 0) is 15.1 Å². The maximum absolute atomic E-state index is 11.0. The van der Waals surface area contributed by atoms with Crippen molar-refractivity contribution in [1.82, 2.24) is 0 Å². The van der Waals surface area contributed by atoms with Crippen LogP contribution in [0.5, 0.6) is 0 Å². The van der Waals surface area contributed by atoms with Gasteiger partial charge in [-0.25, -0.2) is 4.79 Å². The van der Waals surface area contributed by atoms with E-state index >= 15 is 0 Å². The van der Waals surface area contributed by atoms with Crippen LogP contribution in [0.1, 0.15) is 9.67 Å². The van der Waals surface area contributed by atoms with Crippen LogP contribution in [0.25, 0.3) is 0 Å². The minimum atomic E-state index is -4.67. The molecule has 1 heterocycles. The number of carbonyl (C=O) groups excluding carboxylic acids is 1. The summed E-state index contributed by atoms with van der Waals surface area (Å²) in [5.74, 6) is -0.692. The molecule has 102 valence electrons. The normalized spacial score (nSPS) is 10.2. The first-order valence-corrected chi connectivity index (χ1v) is 6.78. The Morgan fingerprint density at radius 1 is 1.56 bits per heavy atom. The third kappa shape index (κ3) is 6.61. The number of hydrogen-bond donors (Lipinski definition) is 2. The van der Waals surface area contributed by atoms with Gasteiger partial charge in [0, 0.05) is 6.07 Å². The summed E-state index contributed by atoms with van der Waals surface area (Å²) >= 11 is 4.03. The Labute approximate surface area is 113 Å². The fourth-order valence-corrected chi connectivity index (χ4v) is 2.20. The number of esters is 1. The van der Waals surface area contributed by atoms with Crippen LogP contribution in [0, 0.1) is 10.1 Å². The molecule has 0 spiro atoms. The van der Waals surface area contributed by atoms with Gasteiger partial charge in [0.15, 0.2) is 4.88 Å². The van der Waals surface area contributed by atoms with Gasteiger partial charge < -0.3 is 4.74 Å². The molecule has 12 heteroatoms. The average Bonchev–Trinajstić information content (AvgIpc) is 2.56. The van der Waals surface area contributed by atoms with Crippen molar-refractivity contribution in [3.05, 3.63) is 24.8 Å². The smallest absolute Gasteiger partial charge is 0.394 e. The van der Waals surface area contributed by atoms with Crippen molar-refractivity contribution >= 4 is 49.3 Å². The number of thiophene rings is 1. The van der Waals surface area contributed by atoms with Gasteiger partial charge in [0.1, 0.15) is 0 Å². The van der Waals surface area contributed by atoms with Crippen LogP contribution in [0.4, 0.5) is 5.69 Å². The van der Waals surface area contributed by atoms with Crippen molar-refractivity contribution < 1.29 is 32.0 Å². The minimum absolute atomic E-state index is 0.000579. The summed E-state index contributed by atoms with van der Waals surface area (Å²) in [6.07, 6.45) is 0. The van der Waals surface area contributed by atoms with Crippen molar-refractivity contribution in [2.24, 2.45) is 0 Å². The molecule has 0 amide bonds. The third-order valence-electron chi connectivity index (χ3n) is 1.25. The summed E-state index contributed by atoms with van der Waals surface area (Å²) in [5.41, 5.74) is -0.233. The highest BCUT2D eigenvalue weighted by molar-refractivity contribution is 9.11. The van der Waals surface area contributed by atoms with Crippen molar-refractivity contribution in [3.63, 3.8) is 0 Å². The summed E-state index contributed by atoms with van der Waals surface area (Å²) in [7, 11) is -3.49. The Balaban J connectivity index is 0.000000494. The highest BCUT2D eigenvalue weighted by Crippen LogP contribution is 2.32. The van der Waals surface area contributed by atoms with Gasteiger partial charge in [-0.15, -0.1) is 11.3 Å². The largest absolute Gasteiger partial charge is 0.465 e. The molecule has 18 heavy (non-hydrogen) atoms. The number of nitro groups is 1. The topological polar surface area (TPSA) is 144 Å². The van der Waals surface area contributed by atoms with Crippen molar-refractivity contribution in [2.45, 2.75) is 0 Å². The van der Waals surface area contributed by atoms with Gasteiger partial charge in [-0.2, -0.15) is 8.42 Å². The fraction of sp³-hybridized carbons (Fsp3) is 0.167. The predicted molar refractivity (Wildman–Crippen MR) is 64.2 cm³/mol. The van der Waals surface area contributed by atoms with Crippen LogP contribution in [0.2, 0.25) is 0 Å². The molecule has 0 fully saturated rings. The lowest BCUT2D eigenvalue weighted by atomic mass is 10.4.